The number of thiazole rings is 1. The predicted molar refractivity (Wildman–Crippen MR) is 197 cm³/mol. The molecule has 0 spiro atoms. The first-order chi connectivity index (χ1) is 24.0. The van der Waals surface area contributed by atoms with E-state index >= 15 is 0 Å². The van der Waals surface area contributed by atoms with Gasteiger partial charge in [-0.15, -0.1) is 6.58 Å². The molecular weight excluding hydrogens is 699 g/mol. The van der Waals surface area contributed by atoms with Crippen molar-refractivity contribution in [3.05, 3.63) is 124 Å². The third-order valence-corrected chi connectivity index (χ3v) is 9.51. The first-order valence-electron chi connectivity index (χ1n) is 15.9. The fourth-order valence-electron chi connectivity index (χ4n) is 5.64. The number of allylic oxidation sites excluding steroid dienone is 2. The van der Waals surface area contributed by atoms with Gasteiger partial charge in [-0.3, -0.25) is 9.36 Å². The largest absolute Gasteiger partial charge is 0.493 e. The van der Waals surface area contributed by atoms with E-state index in [1.165, 1.54) is 15.9 Å². The highest BCUT2D eigenvalue weighted by Crippen LogP contribution is 2.37. The maximum absolute atomic E-state index is 14.3. The van der Waals surface area contributed by atoms with Crippen molar-refractivity contribution in [2.75, 3.05) is 20.8 Å². The van der Waals surface area contributed by atoms with Gasteiger partial charge in [-0.1, -0.05) is 52.7 Å². The van der Waals surface area contributed by atoms with Crippen LogP contribution in [0.2, 0.25) is 10.0 Å². The average Bonchev–Trinajstić information content (AvgIpc) is 3.38. The molecule has 0 N–H and O–H groups in total. The van der Waals surface area contributed by atoms with Crippen molar-refractivity contribution in [3.8, 4) is 23.0 Å². The summed E-state index contributed by atoms with van der Waals surface area (Å²) in [7, 11) is 3.10. The summed E-state index contributed by atoms with van der Waals surface area (Å²) in [6.45, 7) is 11.6. The monoisotopic (exact) mass is 736 g/mol. The number of benzene rings is 3. The molecule has 50 heavy (non-hydrogen) atoms. The highest BCUT2D eigenvalue weighted by molar-refractivity contribution is 7.07. The second-order valence-corrected chi connectivity index (χ2v) is 13.4. The Bertz CT molecular complexity index is 2150. The van der Waals surface area contributed by atoms with Crippen molar-refractivity contribution < 1.29 is 28.5 Å². The zero-order valence-corrected chi connectivity index (χ0v) is 31.0. The molecule has 12 heteroatoms. The molecule has 262 valence electrons. The van der Waals surface area contributed by atoms with Crippen LogP contribution in [0.1, 0.15) is 56.0 Å². The lowest BCUT2D eigenvalue weighted by Gasteiger charge is -2.25. The molecule has 0 saturated heterocycles. The first-order valence-corrected chi connectivity index (χ1v) is 17.5. The van der Waals surface area contributed by atoms with E-state index in [0.717, 1.165) is 11.1 Å². The number of esters is 1. The summed E-state index contributed by atoms with van der Waals surface area (Å²) in [5, 5.41) is 0.897. The van der Waals surface area contributed by atoms with Crippen molar-refractivity contribution >= 4 is 46.6 Å². The highest BCUT2D eigenvalue weighted by Gasteiger charge is 2.34. The number of carbonyl (C=O) groups excluding carboxylic acids is 1. The second-order valence-electron chi connectivity index (χ2n) is 11.6. The molecule has 0 amide bonds. The van der Waals surface area contributed by atoms with E-state index in [0.29, 0.717) is 65.6 Å². The Morgan fingerprint density at radius 3 is 2.46 bits per heavy atom. The number of nitrogens with zero attached hydrogens (tertiary/aromatic N) is 2. The molecule has 0 aliphatic carbocycles. The summed E-state index contributed by atoms with van der Waals surface area (Å²) in [6, 6.07) is 13.6. The van der Waals surface area contributed by atoms with Gasteiger partial charge in [-0.05, 0) is 93.3 Å². The lowest BCUT2D eigenvalue weighted by Crippen LogP contribution is -2.40. The quantitative estimate of drug-likeness (QED) is 0.106. The smallest absolute Gasteiger partial charge is 0.338 e. The fraction of sp³-hybridized carbons (Fsp3) is 0.289. The number of ether oxygens (including phenoxy) is 5. The number of halogens is 2. The van der Waals surface area contributed by atoms with Crippen LogP contribution in [0.25, 0.3) is 6.08 Å². The molecule has 1 atom stereocenters. The van der Waals surface area contributed by atoms with Gasteiger partial charge >= 0.3 is 5.97 Å². The SMILES string of the molecule is C=CCc1cc(/C=c2\sc3n(c2=O)[C@@H](c2ccc(OC(C)C)c(OC)c2)C(C(=O)OCC)=C(C)N=3)cc(OC)c1OCc1ccc(Cl)c(Cl)c1. The Morgan fingerprint density at radius 2 is 1.80 bits per heavy atom. The molecule has 4 aromatic rings. The van der Waals surface area contributed by atoms with Gasteiger partial charge in [0.25, 0.3) is 5.56 Å². The zero-order chi connectivity index (χ0) is 36.1. The van der Waals surface area contributed by atoms with Gasteiger partial charge in [-0.2, -0.15) is 0 Å². The molecule has 1 aliphatic rings. The van der Waals surface area contributed by atoms with E-state index < -0.39 is 12.0 Å². The first kappa shape index (κ1) is 36.8. The molecular formula is C38H38Cl2N2O7S. The molecule has 5 rings (SSSR count). The number of rotatable bonds is 13. The normalized spacial score (nSPS) is 14.3. The Labute approximate surface area is 304 Å². The van der Waals surface area contributed by atoms with Crippen LogP contribution in [0.3, 0.4) is 0 Å². The molecule has 2 heterocycles. The summed E-state index contributed by atoms with van der Waals surface area (Å²) in [6.07, 6.45) is 3.95. The van der Waals surface area contributed by atoms with Crippen LogP contribution >= 0.6 is 34.5 Å². The molecule has 3 aromatic carbocycles. The molecule has 1 aromatic heterocycles. The number of aromatic nitrogens is 1. The van der Waals surface area contributed by atoms with Crippen LogP contribution in [0, 0.1) is 0 Å². The van der Waals surface area contributed by atoms with E-state index in [4.69, 9.17) is 51.9 Å². The summed E-state index contributed by atoms with van der Waals surface area (Å²) in [5.74, 6) is 1.50. The van der Waals surface area contributed by atoms with Crippen molar-refractivity contribution in [1.29, 1.82) is 0 Å². The second kappa shape index (κ2) is 16.0. The minimum absolute atomic E-state index is 0.0847. The topological polar surface area (TPSA) is 97.6 Å². The number of hydrogen-bond acceptors (Lipinski definition) is 9. The van der Waals surface area contributed by atoms with Crippen molar-refractivity contribution in [1.82, 2.24) is 4.57 Å². The van der Waals surface area contributed by atoms with E-state index in [-0.39, 0.29) is 30.5 Å². The lowest BCUT2D eigenvalue weighted by molar-refractivity contribution is -0.139. The van der Waals surface area contributed by atoms with Crippen LogP contribution < -0.4 is 33.8 Å². The Hall–Kier alpha value is -4.51. The van der Waals surface area contributed by atoms with E-state index in [2.05, 4.69) is 6.58 Å². The van der Waals surface area contributed by atoms with Crippen molar-refractivity contribution in [2.45, 2.75) is 52.9 Å². The Balaban J connectivity index is 1.62. The number of fused-ring (bicyclic) bond motifs is 1. The molecule has 0 fully saturated rings. The summed E-state index contributed by atoms with van der Waals surface area (Å²) in [4.78, 5) is 32.8. The number of methoxy groups -OCH3 is 2. The molecule has 0 bridgehead atoms. The maximum atomic E-state index is 14.3. The summed E-state index contributed by atoms with van der Waals surface area (Å²) < 4.78 is 31.0. The van der Waals surface area contributed by atoms with Crippen LogP contribution in [0.4, 0.5) is 0 Å². The van der Waals surface area contributed by atoms with Gasteiger partial charge in [0.2, 0.25) is 0 Å². The van der Waals surface area contributed by atoms with Crippen molar-refractivity contribution in [3.63, 3.8) is 0 Å². The number of carbonyl (C=O) groups is 1. The third-order valence-electron chi connectivity index (χ3n) is 7.79. The highest BCUT2D eigenvalue weighted by atomic mass is 35.5. The minimum Gasteiger partial charge on any atom is -0.493 e. The van der Waals surface area contributed by atoms with Gasteiger partial charge in [-0.25, -0.2) is 9.79 Å². The summed E-state index contributed by atoms with van der Waals surface area (Å²) >= 11 is 13.5. The van der Waals surface area contributed by atoms with E-state index in [1.807, 2.05) is 32.0 Å². The fourth-order valence-corrected chi connectivity index (χ4v) is 7.01. The minimum atomic E-state index is -0.822. The van der Waals surface area contributed by atoms with Crippen LogP contribution in [0.15, 0.2) is 82.2 Å². The number of hydrogen-bond donors (Lipinski definition) is 0. The maximum Gasteiger partial charge on any atom is 0.338 e. The van der Waals surface area contributed by atoms with Gasteiger partial charge in [0, 0.05) is 5.56 Å². The van der Waals surface area contributed by atoms with Gasteiger partial charge in [0.15, 0.2) is 27.8 Å². The third kappa shape index (κ3) is 7.78. The van der Waals surface area contributed by atoms with E-state index in [9.17, 15) is 9.59 Å². The van der Waals surface area contributed by atoms with Gasteiger partial charge < -0.3 is 23.7 Å². The predicted octanol–water partition coefficient (Wildman–Crippen LogP) is 7.22. The molecule has 1 aliphatic heterocycles. The molecule has 9 nitrogen and oxygen atoms in total. The summed E-state index contributed by atoms with van der Waals surface area (Å²) in [5.41, 5.74) is 3.40. The molecule has 0 radical (unpaired) electrons. The Kier molecular flexibility index (Phi) is 11.8. The lowest BCUT2D eigenvalue weighted by atomic mass is 9.95. The molecule has 0 saturated carbocycles. The Morgan fingerprint density at radius 1 is 1.04 bits per heavy atom. The van der Waals surface area contributed by atoms with Crippen LogP contribution in [-0.4, -0.2) is 37.5 Å². The van der Waals surface area contributed by atoms with Gasteiger partial charge in [0.05, 0.1) is 58.8 Å². The zero-order valence-electron chi connectivity index (χ0n) is 28.7. The molecule has 0 unspecified atom stereocenters. The van der Waals surface area contributed by atoms with Crippen LogP contribution in [-0.2, 0) is 22.6 Å². The van der Waals surface area contributed by atoms with Crippen molar-refractivity contribution in [2.24, 2.45) is 4.99 Å². The van der Waals surface area contributed by atoms with E-state index in [1.54, 1.807) is 70.6 Å². The average molecular weight is 738 g/mol. The van der Waals surface area contributed by atoms with Crippen LogP contribution in [0.5, 0.6) is 23.0 Å². The van der Waals surface area contributed by atoms with Gasteiger partial charge in [0.1, 0.15) is 6.61 Å². The standard InChI is InChI=1S/C38H38Cl2N2O7S/c1-8-10-26-15-24(17-31(46-7)35(26)48-20-23-11-13-27(39)28(40)16-23)18-32-36(43)42-34(25-12-14-29(49-21(3)4)30(19-25)45-6)33(37(44)47-9-2)22(5)41-38(42)50-32/h8,11-19,21,34H,1,9-10,20H2,2-7H3/b32-18-/t34-/m0/s1.